The summed E-state index contributed by atoms with van der Waals surface area (Å²) in [6.45, 7) is 0.233. The molecule has 0 bridgehead atoms. The fraction of sp³-hybridized carbons (Fsp3) is 0.600. The van der Waals surface area contributed by atoms with Crippen molar-refractivity contribution in [3.05, 3.63) is 12.2 Å². The summed E-state index contributed by atoms with van der Waals surface area (Å²) in [6, 6.07) is 0. The molecule has 0 rings (SSSR count). The van der Waals surface area contributed by atoms with Crippen molar-refractivity contribution in [2.75, 3.05) is 13.2 Å². The maximum absolute atomic E-state index is 8.16. The summed E-state index contributed by atoms with van der Waals surface area (Å²) in [5.41, 5.74) is 0. The molecular formula is C5H10O2. The second-order valence-corrected chi connectivity index (χ2v) is 1.17. The Labute approximate surface area is 43.1 Å². The Kier molecular flexibility index (Phi) is 5.39. The van der Waals surface area contributed by atoms with Gasteiger partial charge >= 0.3 is 0 Å². The second kappa shape index (κ2) is 5.66. The summed E-state index contributed by atoms with van der Waals surface area (Å²) in [5.74, 6) is 0. The van der Waals surface area contributed by atoms with Crippen molar-refractivity contribution in [1.82, 2.24) is 0 Å². The maximum Gasteiger partial charge on any atom is 0.0612 e. The molecule has 0 spiro atoms. The molecule has 2 N–H and O–H groups in total. The molecule has 0 radical (unpaired) electrons. The fourth-order valence-electron chi connectivity index (χ4n) is 0.267. The van der Waals surface area contributed by atoms with Gasteiger partial charge < -0.3 is 10.2 Å². The summed E-state index contributed by atoms with van der Waals surface area (Å²) >= 11 is 0. The van der Waals surface area contributed by atoms with E-state index < -0.39 is 0 Å². The molecule has 0 saturated carbocycles. The number of hydrogen-bond acceptors (Lipinski definition) is 2. The largest absolute Gasteiger partial charge is 0.396 e. The molecule has 0 saturated heterocycles. The van der Waals surface area contributed by atoms with Crippen LogP contribution in [0.3, 0.4) is 0 Å². The molecule has 2 heteroatoms. The topological polar surface area (TPSA) is 40.5 Å². The van der Waals surface area contributed by atoms with Gasteiger partial charge in [-0.05, 0) is 6.42 Å². The highest BCUT2D eigenvalue weighted by Crippen LogP contribution is 1.76. The van der Waals surface area contributed by atoms with Crippen molar-refractivity contribution in [1.29, 1.82) is 0 Å². The summed E-state index contributed by atoms with van der Waals surface area (Å²) in [7, 11) is 0. The van der Waals surface area contributed by atoms with Crippen molar-refractivity contribution < 1.29 is 10.2 Å². The van der Waals surface area contributed by atoms with Gasteiger partial charge in [0.15, 0.2) is 0 Å². The van der Waals surface area contributed by atoms with E-state index in [9.17, 15) is 0 Å². The molecule has 7 heavy (non-hydrogen) atoms. The molecule has 0 unspecified atom stereocenters. The quantitative estimate of drug-likeness (QED) is 0.489. The van der Waals surface area contributed by atoms with Gasteiger partial charge in [-0.25, -0.2) is 0 Å². The normalized spacial score (nSPS) is 10.6. The van der Waals surface area contributed by atoms with Crippen molar-refractivity contribution in [2.45, 2.75) is 6.42 Å². The SMILES string of the molecule is OC/C=C\CCO. The Bertz CT molecular complexity index is 50.0. The third-order valence-electron chi connectivity index (χ3n) is 0.568. The van der Waals surface area contributed by atoms with Crippen molar-refractivity contribution in [3.8, 4) is 0 Å². The van der Waals surface area contributed by atoms with Crippen molar-refractivity contribution in [2.24, 2.45) is 0 Å². The van der Waals surface area contributed by atoms with Gasteiger partial charge in [0.05, 0.1) is 6.61 Å². The summed E-state index contributed by atoms with van der Waals surface area (Å²) in [6.07, 6.45) is 3.98. The van der Waals surface area contributed by atoms with E-state index in [1.54, 1.807) is 12.2 Å². The Morgan fingerprint density at radius 2 is 1.86 bits per heavy atom. The highest BCUT2D eigenvalue weighted by atomic mass is 16.3. The molecule has 0 aromatic heterocycles. The molecule has 0 heterocycles. The number of rotatable bonds is 3. The van der Waals surface area contributed by atoms with E-state index in [1.165, 1.54) is 0 Å². The molecule has 2 nitrogen and oxygen atoms in total. The van der Waals surface area contributed by atoms with Crippen LogP contribution in [0.4, 0.5) is 0 Å². The molecule has 42 valence electrons. The Morgan fingerprint density at radius 1 is 1.14 bits per heavy atom. The monoisotopic (exact) mass is 102 g/mol. The van der Waals surface area contributed by atoms with Crippen LogP contribution in [-0.2, 0) is 0 Å². The van der Waals surface area contributed by atoms with Crippen LogP contribution in [-0.4, -0.2) is 23.4 Å². The van der Waals surface area contributed by atoms with Gasteiger partial charge in [0.1, 0.15) is 0 Å². The zero-order chi connectivity index (χ0) is 5.54. The van der Waals surface area contributed by atoms with E-state index in [0.717, 1.165) is 0 Å². The average molecular weight is 102 g/mol. The van der Waals surface area contributed by atoms with Crippen LogP contribution in [0.2, 0.25) is 0 Å². The first-order chi connectivity index (χ1) is 3.41. The van der Waals surface area contributed by atoms with Crippen LogP contribution in [0.5, 0.6) is 0 Å². The van der Waals surface area contributed by atoms with Gasteiger partial charge in [-0.15, -0.1) is 0 Å². The van der Waals surface area contributed by atoms with E-state index in [2.05, 4.69) is 0 Å². The standard InChI is InChI=1S/C5H10O2/c6-4-2-1-3-5-7/h1-2,6-7H,3-5H2/b2-1-. The van der Waals surface area contributed by atoms with Crippen LogP contribution < -0.4 is 0 Å². The first kappa shape index (κ1) is 6.66. The highest BCUT2D eigenvalue weighted by molar-refractivity contribution is 4.79. The third-order valence-corrected chi connectivity index (χ3v) is 0.568. The lowest BCUT2D eigenvalue weighted by molar-refractivity contribution is 0.301. The summed E-state index contributed by atoms with van der Waals surface area (Å²) < 4.78 is 0. The van der Waals surface area contributed by atoms with Gasteiger partial charge in [-0.1, -0.05) is 12.2 Å². The zero-order valence-electron chi connectivity index (χ0n) is 4.17. The minimum Gasteiger partial charge on any atom is -0.396 e. The third kappa shape index (κ3) is 5.66. The van der Waals surface area contributed by atoms with Crippen molar-refractivity contribution in [3.63, 3.8) is 0 Å². The first-order valence-corrected chi connectivity index (χ1v) is 2.28. The minimum absolute atomic E-state index is 0.0694. The average Bonchev–Trinajstić information content (AvgIpc) is 1.69. The molecule has 0 aliphatic heterocycles. The smallest absolute Gasteiger partial charge is 0.0612 e. The van der Waals surface area contributed by atoms with Crippen LogP contribution in [0.1, 0.15) is 6.42 Å². The molecule has 0 aliphatic carbocycles. The molecule has 0 amide bonds. The van der Waals surface area contributed by atoms with E-state index in [1.807, 2.05) is 0 Å². The van der Waals surface area contributed by atoms with Gasteiger partial charge in [0.25, 0.3) is 0 Å². The van der Waals surface area contributed by atoms with Crippen LogP contribution in [0, 0.1) is 0 Å². The zero-order valence-corrected chi connectivity index (χ0v) is 4.17. The second-order valence-electron chi connectivity index (χ2n) is 1.17. The van der Waals surface area contributed by atoms with E-state index in [0.29, 0.717) is 6.42 Å². The summed E-state index contributed by atoms with van der Waals surface area (Å²) in [5, 5.41) is 16.3. The molecule has 0 aromatic carbocycles. The Balaban J connectivity index is 2.78. The lowest BCUT2D eigenvalue weighted by Gasteiger charge is -1.79. The highest BCUT2D eigenvalue weighted by Gasteiger charge is 1.69. The van der Waals surface area contributed by atoms with E-state index in [-0.39, 0.29) is 13.2 Å². The predicted octanol–water partition coefficient (Wildman–Crippen LogP) is -0.0827. The number of aliphatic hydroxyl groups excluding tert-OH is 2. The van der Waals surface area contributed by atoms with Crippen LogP contribution in [0.15, 0.2) is 12.2 Å². The lowest BCUT2D eigenvalue weighted by atomic mass is 10.4. The Morgan fingerprint density at radius 3 is 2.29 bits per heavy atom. The lowest BCUT2D eigenvalue weighted by Crippen LogP contribution is -1.76. The molecule has 0 aliphatic rings. The number of hydrogen-bond donors (Lipinski definition) is 2. The fourth-order valence-corrected chi connectivity index (χ4v) is 0.267. The molecule has 0 atom stereocenters. The van der Waals surface area contributed by atoms with Gasteiger partial charge in [-0.3, -0.25) is 0 Å². The summed E-state index contributed by atoms with van der Waals surface area (Å²) in [4.78, 5) is 0. The molecule has 0 fully saturated rings. The van der Waals surface area contributed by atoms with Crippen LogP contribution in [0.25, 0.3) is 0 Å². The Hall–Kier alpha value is -0.340. The van der Waals surface area contributed by atoms with Gasteiger partial charge in [-0.2, -0.15) is 0 Å². The van der Waals surface area contributed by atoms with Gasteiger partial charge in [0.2, 0.25) is 0 Å². The van der Waals surface area contributed by atoms with Crippen molar-refractivity contribution >= 4 is 0 Å². The van der Waals surface area contributed by atoms with Crippen LogP contribution >= 0.6 is 0 Å². The molecular weight excluding hydrogens is 92.1 g/mol. The predicted molar refractivity (Wildman–Crippen MR) is 27.9 cm³/mol. The van der Waals surface area contributed by atoms with E-state index >= 15 is 0 Å². The number of aliphatic hydroxyl groups is 2. The molecule has 0 aromatic rings. The van der Waals surface area contributed by atoms with Gasteiger partial charge in [0, 0.05) is 6.61 Å². The van der Waals surface area contributed by atoms with E-state index in [4.69, 9.17) is 10.2 Å². The minimum atomic E-state index is 0.0694. The maximum atomic E-state index is 8.16. The first-order valence-electron chi connectivity index (χ1n) is 2.28.